The van der Waals surface area contributed by atoms with E-state index in [2.05, 4.69) is 21.3 Å². The van der Waals surface area contributed by atoms with Gasteiger partial charge in [0.2, 0.25) is 0 Å². The van der Waals surface area contributed by atoms with Crippen molar-refractivity contribution >= 4 is 11.7 Å². The number of nitrogens with one attached hydrogen (secondary N) is 1. The quantitative estimate of drug-likeness (QED) is 0.859. The molecule has 23 heavy (non-hydrogen) atoms. The Balaban J connectivity index is 1.36. The minimum Gasteiger partial charge on any atom is -0.469 e. The topological polar surface area (TPSA) is 61.6 Å². The lowest BCUT2D eigenvalue weighted by Crippen LogP contribution is -2.52. The average Bonchev–Trinajstić information content (AvgIpc) is 3.13. The normalized spacial score (nSPS) is 14.8. The van der Waals surface area contributed by atoms with E-state index in [9.17, 15) is 4.79 Å². The summed E-state index contributed by atoms with van der Waals surface area (Å²) in [5.41, 5.74) is 1.12. The Kier molecular flexibility index (Phi) is 5.13. The number of piperazine rings is 1. The van der Waals surface area contributed by atoms with Gasteiger partial charge in [-0.25, -0.2) is 4.79 Å². The first kappa shape index (κ1) is 15.4. The molecule has 1 saturated heterocycles. The Morgan fingerprint density at radius 1 is 1.22 bits per heavy atom. The van der Waals surface area contributed by atoms with E-state index in [1.165, 1.54) is 0 Å². The summed E-state index contributed by atoms with van der Waals surface area (Å²) in [6.07, 6.45) is 7.05. The minimum absolute atomic E-state index is 0.0234. The van der Waals surface area contributed by atoms with Crippen LogP contribution in [-0.2, 0) is 6.42 Å². The highest BCUT2D eigenvalue weighted by Gasteiger charge is 2.20. The molecule has 0 unspecified atom stereocenters. The minimum atomic E-state index is 0.0234. The van der Waals surface area contributed by atoms with Gasteiger partial charge < -0.3 is 19.5 Å². The van der Waals surface area contributed by atoms with Crippen LogP contribution in [0.3, 0.4) is 0 Å². The molecule has 0 aromatic carbocycles. The maximum absolute atomic E-state index is 12.2. The zero-order chi connectivity index (χ0) is 15.9. The molecule has 3 rings (SSSR count). The van der Waals surface area contributed by atoms with Crippen LogP contribution in [0.2, 0.25) is 0 Å². The molecule has 1 N–H and O–H groups in total. The molecule has 2 amide bonds. The van der Waals surface area contributed by atoms with Crippen molar-refractivity contribution in [1.82, 2.24) is 15.2 Å². The van der Waals surface area contributed by atoms with Crippen molar-refractivity contribution in [2.24, 2.45) is 0 Å². The number of aromatic nitrogens is 1. The first-order valence-electron chi connectivity index (χ1n) is 8.03. The molecule has 6 heteroatoms. The zero-order valence-electron chi connectivity index (χ0n) is 13.1. The van der Waals surface area contributed by atoms with Gasteiger partial charge in [-0.3, -0.25) is 4.98 Å². The van der Waals surface area contributed by atoms with E-state index in [1.807, 2.05) is 29.3 Å². The van der Waals surface area contributed by atoms with E-state index in [1.54, 1.807) is 12.5 Å². The van der Waals surface area contributed by atoms with E-state index in [4.69, 9.17) is 4.42 Å². The Morgan fingerprint density at radius 2 is 2.09 bits per heavy atom. The van der Waals surface area contributed by atoms with Crippen LogP contribution < -0.4 is 10.2 Å². The summed E-state index contributed by atoms with van der Waals surface area (Å²) in [5, 5.41) is 2.98. The van der Waals surface area contributed by atoms with Crippen LogP contribution in [0.1, 0.15) is 12.2 Å². The number of carbonyl (C=O) groups excluding carboxylic acids is 1. The number of anilines is 1. The van der Waals surface area contributed by atoms with Gasteiger partial charge in [0.1, 0.15) is 5.76 Å². The van der Waals surface area contributed by atoms with Crippen molar-refractivity contribution in [3.63, 3.8) is 0 Å². The molecule has 1 fully saturated rings. The number of urea groups is 1. The molecule has 2 aromatic heterocycles. The van der Waals surface area contributed by atoms with Gasteiger partial charge in [-0.15, -0.1) is 0 Å². The lowest BCUT2D eigenvalue weighted by molar-refractivity contribution is 0.194. The van der Waals surface area contributed by atoms with Gasteiger partial charge in [0, 0.05) is 45.3 Å². The summed E-state index contributed by atoms with van der Waals surface area (Å²) < 4.78 is 5.28. The van der Waals surface area contributed by atoms with Crippen LogP contribution in [0.4, 0.5) is 10.5 Å². The van der Waals surface area contributed by atoms with Crippen molar-refractivity contribution in [2.75, 3.05) is 37.6 Å². The summed E-state index contributed by atoms with van der Waals surface area (Å²) in [6, 6.07) is 7.86. The van der Waals surface area contributed by atoms with Crippen molar-refractivity contribution in [3.8, 4) is 0 Å². The second-order valence-electron chi connectivity index (χ2n) is 5.60. The Bertz CT molecular complexity index is 592. The Labute approximate surface area is 136 Å². The second-order valence-corrected chi connectivity index (χ2v) is 5.60. The molecule has 2 aromatic rings. The Hall–Kier alpha value is -2.50. The predicted octanol–water partition coefficient (Wildman–Crippen LogP) is 2.14. The molecule has 122 valence electrons. The third kappa shape index (κ3) is 4.25. The fraction of sp³-hybridized carbons (Fsp3) is 0.412. The molecular formula is C17H22N4O2. The number of hydrogen-bond acceptors (Lipinski definition) is 4. The summed E-state index contributed by atoms with van der Waals surface area (Å²) >= 11 is 0. The van der Waals surface area contributed by atoms with Crippen LogP contribution in [0.15, 0.2) is 47.3 Å². The maximum Gasteiger partial charge on any atom is 0.317 e. The van der Waals surface area contributed by atoms with Crippen LogP contribution >= 0.6 is 0 Å². The van der Waals surface area contributed by atoms with Gasteiger partial charge in [-0.2, -0.15) is 0 Å². The molecule has 6 nitrogen and oxygen atoms in total. The van der Waals surface area contributed by atoms with Gasteiger partial charge in [0.25, 0.3) is 0 Å². The van der Waals surface area contributed by atoms with Gasteiger partial charge in [0.15, 0.2) is 0 Å². The van der Waals surface area contributed by atoms with Crippen molar-refractivity contribution in [1.29, 1.82) is 0 Å². The number of carbonyl (C=O) groups is 1. The first-order valence-corrected chi connectivity index (χ1v) is 8.03. The zero-order valence-corrected chi connectivity index (χ0v) is 13.1. The van der Waals surface area contributed by atoms with Gasteiger partial charge >= 0.3 is 6.03 Å². The van der Waals surface area contributed by atoms with Crippen LogP contribution in [-0.4, -0.2) is 48.6 Å². The Morgan fingerprint density at radius 3 is 2.78 bits per heavy atom. The lowest BCUT2D eigenvalue weighted by atomic mass is 10.2. The smallest absolute Gasteiger partial charge is 0.317 e. The molecule has 0 bridgehead atoms. The largest absolute Gasteiger partial charge is 0.469 e. The fourth-order valence-electron chi connectivity index (χ4n) is 2.73. The third-order valence-electron chi connectivity index (χ3n) is 4.03. The fourth-order valence-corrected chi connectivity index (χ4v) is 2.73. The van der Waals surface area contributed by atoms with E-state index in [0.717, 1.165) is 50.5 Å². The van der Waals surface area contributed by atoms with Crippen molar-refractivity contribution in [3.05, 3.63) is 48.7 Å². The highest BCUT2D eigenvalue weighted by atomic mass is 16.3. The number of furan rings is 1. The number of aryl methyl sites for hydroxylation is 1. The third-order valence-corrected chi connectivity index (χ3v) is 4.03. The number of rotatable bonds is 5. The number of nitrogens with zero attached hydrogens (tertiary/aromatic N) is 3. The molecule has 0 saturated carbocycles. The van der Waals surface area contributed by atoms with Crippen molar-refractivity contribution < 1.29 is 9.21 Å². The van der Waals surface area contributed by atoms with Crippen LogP contribution in [0, 0.1) is 0 Å². The van der Waals surface area contributed by atoms with Gasteiger partial charge in [0.05, 0.1) is 18.1 Å². The van der Waals surface area contributed by atoms with E-state index in [0.29, 0.717) is 6.54 Å². The standard InChI is InChI=1S/C17H22N4O2/c22-17(19-8-2-5-16-6-3-13-23-16)21-11-9-20(10-12-21)15-4-1-7-18-14-15/h1,3-4,6-7,13-14H,2,5,8-12H2,(H,19,22). The number of amides is 2. The van der Waals surface area contributed by atoms with E-state index < -0.39 is 0 Å². The molecule has 1 aliphatic rings. The first-order chi connectivity index (χ1) is 11.3. The summed E-state index contributed by atoms with van der Waals surface area (Å²) in [5.74, 6) is 0.962. The van der Waals surface area contributed by atoms with E-state index in [-0.39, 0.29) is 6.03 Å². The summed E-state index contributed by atoms with van der Waals surface area (Å²) in [7, 11) is 0. The maximum atomic E-state index is 12.2. The van der Waals surface area contributed by atoms with E-state index >= 15 is 0 Å². The summed E-state index contributed by atoms with van der Waals surface area (Å²) in [6.45, 7) is 3.82. The average molecular weight is 314 g/mol. The second kappa shape index (κ2) is 7.67. The lowest BCUT2D eigenvalue weighted by Gasteiger charge is -2.35. The molecule has 0 radical (unpaired) electrons. The van der Waals surface area contributed by atoms with Crippen LogP contribution in [0.5, 0.6) is 0 Å². The van der Waals surface area contributed by atoms with Gasteiger partial charge in [-0.1, -0.05) is 0 Å². The molecule has 1 aliphatic heterocycles. The monoisotopic (exact) mass is 314 g/mol. The van der Waals surface area contributed by atoms with Crippen molar-refractivity contribution in [2.45, 2.75) is 12.8 Å². The van der Waals surface area contributed by atoms with Gasteiger partial charge in [-0.05, 0) is 30.7 Å². The predicted molar refractivity (Wildman–Crippen MR) is 88.5 cm³/mol. The number of pyridine rings is 1. The molecule has 0 aliphatic carbocycles. The summed E-state index contributed by atoms with van der Waals surface area (Å²) in [4.78, 5) is 20.4. The highest BCUT2D eigenvalue weighted by molar-refractivity contribution is 5.74. The number of hydrogen-bond donors (Lipinski definition) is 1. The SMILES string of the molecule is O=C(NCCCc1ccco1)N1CCN(c2cccnc2)CC1. The molecule has 0 atom stereocenters. The highest BCUT2D eigenvalue weighted by Crippen LogP contribution is 2.14. The molecule has 3 heterocycles. The molecular weight excluding hydrogens is 292 g/mol. The molecule has 0 spiro atoms. The van der Waals surface area contributed by atoms with Crippen LogP contribution in [0.25, 0.3) is 0 Å².